The molecule has 1 aliphatic carbocycles. The Morgan fingerprint density at radius 1 is 1.41 bits per heavy atom. The van der Waals surface area contributed by atoms with Crippen molar-refractivity contribution in [3.8, 4) is 0 Å². The number of nitrogens with zero attached hydrogens (tertiary/aromatic N) is 1. The average molecular weight is 327 g/mol. The van der Waals surface area contributed by atoms with Crippen molar-refractivity contribution in [1.29, 1.82) is 0 Å². The van der Waals surface area contributed by atoms with Crippen molar-refractivity contribution in [1.82, 2.24) is 4.90 Å². The van der Waals surface area contributed by atoms with E-state index in [-0.39, 0.29) is 28.7 Å². The molecule has 0 spiro atoms. The first-order valence-corrected chi connectivity index (χ1v) is 7.82. The standard InChI is InChI=1S/C16H20ClFN2O2/c1-3-4-7-20(2)16(22)12-9-11(12)15(21)19-10-5-6-14(18)13(17)8-10/h5-6,8,11-12H,3-4,7,9H2,1-2H3,(H,19,21). The molecule has 2 amide bonds. The molecule has 0 aromatic heterocycles. The van der Waals surface area contributed by atoms with Crippen LogP contribution in [-0.4, -0.2) is 30.3 Å². The zero-order valence-electron chi connectivity index (χ0n) is 12.7. The van der Waals surface area contributed by atoms with Gasteiger partial charge in [-0.3, -0.25) is 9.59 Å². The molecular formula is C16H20ClFN2O2. The Labute approximate surface area is 134 Å². The van der Waals surface area contributed by atoms with E-state index in [1.807, 2.05) is 0 Å². The van der Waals surface area contributed by atoms with Gasteiger partial charge in [-0.2, -0.15) is 0 Å². The van der Waals surface area contributed by atoms with Crippen LogP contribution in [0.2, 0.25) is 5.02 Å². The highest BCUT2D eigenvalue weighted by Crippen LogP contribution is 2.40. The van der Waals surface area contributed by atoms with E-state index in [2.05, 4.69) is 12.2 Å². The number of benzene rings is 1. The highest BCUT2D eigenvalue weighted by atomic mass is 35.5. The van der Waals surface area contributed by atoms with Crippen LogP contribution in [0.4, 0.5) is 10.1 Å². The molecule has 1 saturated carbocycles. The number of carbonyl (C=O) groups excluding carboxylic acids is 2. The summed E-state index contributed by atoms with van der Waals surface area (Å²) < 4.78 is 13.1. The Morgan fingerprint density at radius 3 is 2.77 bits per heavy atom. The number of nitrogens with one attached hydrogen (secondary N) is 1. The molecule has 0 radical (unpaired) electrons. The lowest BCUT2D eigenvalue weighted by molar-refractivity contribution is -0.132. The fourth-order valence-electron chi connectivity index (χ4n) is 2.36. The Bertz CT molecular complexity index is 579. The third kappa shape index (κ3) is 3.97. The van der Waals surface area contributed by atoms with Gasteiger partial charge in [0.25, 0.3) is 0 Å². The van der Waals surface area contributed by atoms with Gasteiger partial charge in [-0.05, 0) is 31.0 Å². The number of hydrogen-bond acceptors (Lipinski definition) is 2. The first-order chi connectivity index (χ1) is 10.4. The van der Waals surface area contributed by atoms with E-state index in [4.69, 9.17) is 11.6 Å². The van der Waals surface area contributed by atoms with Crippen molar-refractivity contribution >= 4 is 29.1 Å². The molecule has 0 heterocycles. The second kappa shape index (κ2) is 7.09. The molecule has 2 rings (SSSR count). The summed E-state index contributed by atoms with van der Waals surface area (Å²) in [6.45, 7) is 2.78. The number of unbranched alkanes of at least 4 members (excludes halogenated alkanes) is 1. The molecule has 2 unspecified atom stereocenters. The van der Waals surface area contributed by atoms with E-state index < -0.39 is 5.82 Å². The zero-order chi connectivity index (χ0) is 16.3. The van der Waals surface area contributed by atoms with Gasteiger partial charge in [0.05, 0.1) is 16.9 Å². The van der Waals surface area contributed by atoms with Crippen LogP contribution in [0.25, 0.3) is 0 Å². The number of rotatable bonds is 6. The topological polar surface area (TPSA) is 49.4 Å². The van der Waals surface area contributed by atoms with Gasteiger partial charge < -0.3 is 10.2 Å². The molecule has 120 valence electrons. The van der Waals surface area contributed by atoms with E-state index >= 15 is 0 Å². The molecule has 4 nitrogen and oxygen atoms in total. The molecule has 22 heavy (non-hydrogen) atoms. The van der Waals surface area contributed by atoms with Crippen LogP contribution in [0.3, 0.4) is 0 Å². The van der Waals surface area contributed by atoms with Crippen LogP contribution in [-0.2, 0) is 9.59 Å². The second-order valence-electron chi connectivity index (χ2n) is 5.68. The van der Waals surface area contributed by atoms with Crippen molar-refractivity contribution in [2.45, 2.75) is 26.2 Å². The molecular weight excluding hydrogens is 307 g/mol. The third-order valence-electron chi connectivity index (χ3n) is 3.85. The molecule has 1 N–H and O–H groups in total. The molecule has 0 aliphatic heterocycles. The Kier molecular flexibility index (Phi) is 5.40. The lowest BCUT2D eigenvalue weighted by Crippen LogP contribution is -2.30. The quantitative estimate of drug-likeness (QED) is 0.872. The largest absolute Gasteiger partial charge is 0.346 e. The highest BCUT2D eigenvalue weighted by Gasteiger charge is 2.48. The van der Waals surface area contributed by atoms with Gasteiger partial charge in [0.2, 0.25) is 11.8 Å². The average Bonchev–Trinajstić information content (AvgIpc) is 3.28. The minimum Gasteiger partial charge on any atom is -0.346 e. The molecule has 1 aromatic carbocycles. The summed E-state index contributed by atoms with van der Waals surface area (Å²) in [5.74, 6) is -1.27. The van der Waals surface area contributed by atoms with Gasteiger partial charge in [0.15, 0.2) is 0 Å². The van der Waals surface area contributed by atoms with Gasteiger partial charge in [-0.1, -0.05) is 24.9 Å². The molecule has 0 bridgehead atoms. The number of carbonyl (C=O) groups is 2. The predicted octanol–water partition coefficient (Wildman–Crippen LogP) is 3.31. The fraction of sp³-hybridized carbons (Fsp3) is 0.500. The summed E-state index contributed by atoms with van der Waals surface area (Å²) >= 11 is 5.67. The smallest absolute Gasteiger partial charge is 0.228 e. The third-order valence-corrected chi connectivity index (χ3v) is 4.14. The van der Waals surface area contributed by atoms with E-state index in [1.54, 1.807) is 11.9 Å². The zero-order valence-corrected chi connectivity index (χ0v) is 13.5. The van der Waals surface area contributed by atoms with Gasteiger partial charge in [0, 0.05) is 19.3 Å². The number of halogens is 2. The minimum atomic E-state index is -0.531. The van der Waals surface area contributed by atoms with Crippen LogP contribution in [0.15, 0.2) is 18.2 Å². The van der Waals surface area contributed by atoms with Gasteiger partial charge in [0.1, 0.15) is 5.82 Å². The Hall–Kier alpha value is -1.62. The Balaban J connectivity index is 1.87. The summed E-state index contributed by atoms with van der Waals surface area (Å²) in [6, 6.07) is 4.01. The predicted molar refractivity (Wildman–Crippen MR) is 84.2 cm³/mol. The minimum absolute atomic E-state index is 0.0192. The monoisotopic (exact) mass is 326 g/mol. The van der Waals surface area contributed by atoms with E-state index in [1.165, 1.54) is 18.2 Å². The lowest BCUT2D eigenvalue weighted by Gasteiger charge is -2.16. The highest BCUT2D eigenvalue weighted by molar-refractivity contribution is 6.31. The molecule has 1 fully saturated rings. The lowest BCUT2D eigenvalue weighted by atomic mass is 10.2. The van der Waals surface area contributed by atoms with Crippen molar-refractivity contribution in [3.63, 3.8) is 0 Å². The van der Waals surface area contributed by atoms with Crippen molar-refractivity contribution in [3.05, 3.63) is 29.0 Å². The summed E-state index contributed by atoms with van der Waals surface area (Å²) in [7, 11) is 1.77. The molecule has 1 aromatic rings. The normalized spacial score (nSPS) is 19.6. The van der Waals surface area contributed by atoms with Crippen molar-refractivity contribution in [2.24, 2.45) is 11.8 Å². The summed E-state index contributed by atoms with van der Waals surface area (Å²) in [6.07, 6.45) is 2.55. The van der Waals surface area contributed by atoms with Crippen LogP contribution in [0.1, 0.15) is 26.2 Å². The summed E-state index contributed by atoms with van der Waals surface area (Å²) in [5, 5.41) is 2.64. The maximum atomic E-state index is 13.1. The summed E-state index contributed by atoms with van der Waals surface area (Å²) in [4.78, 5) is 25.9. The van der Waals surface area contributed by atoms with Crippen LogP contribution in [0.5, 0.6) is 0 Å². The van der Waals surface area contributed by atoms with Gasteiger partial charge in [-0.25, -0.2) is 4.39 Å². The SMILES string of the molecule is CCCCN(C)C(=O)C1CC1C(=O)Nc1ccc(F)c(Cl)c1. The first kappa shape index (κ1) is 16.7. The fourth-order valence-corrected chi connectivity index (χ4v) is 2.54. The maximum Gasteiger partial charge on any atom is 0.228 e. The molecule has 1 aliphatic rings. The second-order valence-corrected chi connectivity index (χ2v) is 6.09. The van der Waals surface area contributed by atoms with E-state index in [0.717, 1.165) is 12.8 Å². The van der Waals surface area contributed by atoms with Crippen molar-refractivity contribution < 1.29 is 14.0 Å². The Morgan fingerprint density at radius 2 is 2.14 bits per heavy atom. The maximum absolute atomic E-state index is 13.1. The molecule has 0 saturated heterocycles. The summed E-state index contributed by atoms with van der Waals surface area (Å²) in [5.41, 5.74) is 0.439. The number of anilines is 1. The van der Waals surface area contributed by atoms with E-state index in [0.29, 0.717) is 18.7 Å². The van der Waals surface area contributed by atoms with Crippen molar-refractivity contribution in [2.75, 3.05) is 18.9 Å². The first-order valence-electron chi connectivity index (χ1n) is 7.45. The molecule has 6 heteroatoms. The number of amides is 2. The van der Waals surface area contributed by atoms with Crippen LogP contribution >= 0.6 is 11.6 Å². The van der Waals surface area contributed by atoms with Gasteiger partial charge in [-0.15, -0.1) is 0 Å². The van der Waals surface area contributed by atoms with Gasteiger partial charge >= 0.3 is 0 Å². The van der Waals surface area contributed by atoms with E-state index in [9.17, 15) is 14.0 Å². The van der Waals surface area contributed by atoms with Crippen LogP contribution < -0.4 is 5.32 Å². The molecule has 2 atom stereocenters. The number of hydrogen-bond donors (Lipinski definition) is 1. The van der Waals surface area contributed by atoms with Crippen LogP contribution in [0, 0.1) is 17.7 Å².